The van der Waals surface area contributed by atoms with Crippen molar-refractivity contribution < 1.29 is 9.53 Å². The Bertz CT molecular complexity index is 540. The Hall–Kier alpha value is -1.42. The summed E-state index contributed by atoms with van der Waals surface area (Å²) in [7, 11) is 1.36. The largest absolute Gasteiger partial charge is 0.465 e. The predicted octanol–water partition coefficient (Wildman–Crippen LogP) is 2.92. The molecule has 0 amide bonds. The fourth-order valence-corrected chi connectivity index (χ4v) is 1.83. The average Bonchev–Trinajstić information content (AvgIpc) is 2.36. The SMILES string of the molecule is COC(=O)c1cnc2cc(CBr)ccc2c1. The first kappa shape index (κ1) is 11.1. The number of hydrogen-bond donors (Lipinski definition) is 0. The van der Waals surface area contributed by atoms with Gasteiger partial charge in [0.15, 0.2) is 0 Å². The summed E-state index contributed by atoms with van der Waals surface area (Å²) >= 11 is 3.39. The van der Waals surface area contributed by atoms with E-state index in [0.717, 1.165) is 21.8 Å². The number of esters is 1. The zero-order chi connectivity index (χ0) is 11.5. The van der Waals surface area contributed by atoms with E-state index in [1.165, 1.54) is 13.3 Å². The Kier molecular flexibility index (Phi) is 3.19. The molecular formula is C12H10BrNO2. The molecule has 16 heavy (non-hydrogen) atoms. The number of pyridine rings is 1. The molecule has 3 nitrogen and oxygen atoms in total. The molecule has 0 spiro atoms. The summed E-state index contributed by atoms with van der Waals surface area (Å²) in [5.41, 5.74) is 2.51. The maximum absolute atomic E-state index is 11.3. The number of alkyl halides is 1. The standard InChI is InChI=1S/C12H10BrNO2/c1-16-12(15)10-5-9-3-2-8(6-13)4-11(9)14-7-10/h2-5,7H,6H2,1H3. The quantitative estimate of drug-likeness (QED) is 0.627. The van der Waals surface area contributed by atoms with Gasteiger partial charge >= 0.3 is 5.97 Å². The van der Waals surface area contributed by atoms with Gasteiger partial charge in [-0.1, -0.05) is 28.1 Å². The first-order valence-corrected chi connectivity index (χ1v) is 5.89. The molecule has 0 atom stereocenters. The van der Waals surface area contributed by atoms with E-state index in [-0.39, 0.29) is 5.97 Å². The number of rotatable bonds is 2. The smallest absolute Gasteiger partial charge is 0.339 e. The summed E-state index contributed by atoms with van der Waals surface area (Å²) in [6, 6.07) is 7.72. The molecule has 0 saturated heterocycles. The third-order valence-electron chi connectivity index (χ3n) is 2.32. The van der Waals surface area contributed by atoms with Crippen LogP contribution in [0.1, 0.15) is 15.9 Å². The van der Waals surface area contributed by atoms with E-state index in [2.05, 4.69) is 25.7 Å². The van der Waals surface area contributed by atoms with Gasteiger partial charge in [-0.25, -0.2) is 4.79 Å². The number of hydrogen-bond acceptors (Lipinski definition) is 3. The van der Waals surface area contributed by atoms with Crippen molar-refractivity contribution in [3.63, 3.8) is 0 Å². The zero-order valence-corrected chi connectivity index (χ0v) is 10.3. The average molecular weight is 280 g/mol. The van der Waals surface area contributed by atoms with E-state index in [1.807, 2.05) is 18.2 Å². The van der Waals surface area contributed by atoms with Crippen molar-refractivity contribution in [2.24, 2.45) is 0 Å². The molecule has 0 N–H and O–H groups in total. The molecule has 1 heterocycles. The van der Waals surface area contributed by atoms with Crippen LogP contribution in [-0.2, 0) is 10.1 Å². The number of carbonyl (C=O) groups is 1. The van der Waals surface area contributed by atoms with Crippen LogP contribution in [-0.4, -0.2) is 18.1 Å². The van der Waals surface area contributed by atoms with Crippen LogP contribution in [0.5, 0.6) is 0 Å². The maximum atomic E-state index is 11.3. The monoisotopic (exact) mass is 279 g/mol. The van der Waals surface area contributed by atoms with E-state index >= 15 is 0 Å². The van der Waals surface area contributed by atoms with Crippen molar-refractivity contribution in [2.45, 2.75) is 5.33 Å². The summed E-state index contributed by atoms with van der Waals surface area (Å²) in [6.45, 7) is 0. The van der Waals surface area contributed by atoms with Gasteiger partial charge in [-0.05, 0) is 17.7 Å². The maximum Gasteiger partial charge on any atom is 0.339 e. The fraction of sp³-hybridized carbons (Fsp3) is 0.167. The topological polar surface area (TPSA) is 39.2 Å². The highest BCUT2D eigenvalue weighted by Gasteiger charge is 2.06. The molecule has 0 aliphatic rings. The Labute approximate surface area is 102 Å². The van der Waals surface area contributed by atoms with Gasteiger partial charge in [-0.15, -0.1) is 0 Å². The summed E-state index contributed by atoms with van der Waals surface area (Å²) in [6.07, 6.45) is 1.53. The number of benzene rings is 1. The van der Waals surface area contributed by atoms with Gasteiger partial charge in [0.2, 0.25) is 0 Å². The summed E-state index contributed by atoms with van der Waals surface area (Å²) in [5.74, 6) is -0.362. The molecule has 82 valence electrons. The second-order valence-electron chi connectivity index (χ2n) is 3.38. The number of aromatic nitrogens is 1. The number of carbonyl (C=O) groups excluding carboxylic acids is 1. The summed E-state index contributed by atoms with van der Waals surface area (Å²) < 4.78 is 4.64. The Morgan fingerprint density at radius 2 is 2.25 bits per heavy atom. The Balaban J connectivity index is 2.51. The molecular weight excluding hydrogens is 270 g/mol. The van der Waals surface area contributed by atoms with Gasteiger partial charge in [-0.2, -0.15) is 0 Å². The zero-order valence-electron chi connectivity index (χ0n) is 8.74. The van der Waals surface area contributed by atoms with Crippen molar-refractivity contribution >= 4 is 32.8 Å². The van der Waals surface area contributed by atoms with E-state index in [4.69, 9.17) is 0 Å². The normalized spacial score (nSPS) is 10.4. The lowest BCUT2D eigenvalue weighted by Gasteiger charge is -2.02. The second kappa shape index (κ2) is 4.61. The van der Waals surface area contributed by atoms with Crippen molar-refractivity contribution in [3.8, 4) is 0 Å². The molecule has 0 aliphatic heterocycles. The molecule has 0 fully saturated rings. The molecule has 0 aliphatic carbocycles. The fourth-order valence-electron chi connectivity index (χ4n) is 1.48. The minimum atomic E-state index is -0.362. The predicted molar refractivity (Wildman–Crippen MR) is 65.7 cm³/mol. The second-order valence-corrected chi connectivity index (χ2v) is 3.94. The molecule has 0 radical (unpaired) electrons. The van der Waals surface area contributed by atoms with E-state index in [9.17, 15) is 4.79 Å². The van der Waals surface area contributed by atoms with Crippen LogP contribution in [0.2, 0.25) is 0 Å². The van der Waals surface area contributed by atoms with Gasteiger partial charge < -0.3 is 4.74 Å². The van der Waals surface area contributed by atoms with Crippen molar-refractivity contribution in [3.05, 3.63) is 41.6 Å². The van der Waals surface area contributed by atoms with Crippen molar-refractivity contribution in [2.75, 3.05) is 7.11 Å². The van der Waals surface area contributed by atoms with Crippen LogP contribution < -0.4 is 0 Å². The Morgan fingerprint density at radius 3 is 2.94 bits per heavy atom. The molecule has 4 heteroatoms. The first-order valence-electron chi connectivity index (χ1n) is 4.77. The molecule has 0 saturated carbocycles. The molecule has 2 aromatic rings. The van der Waals surface area contributed by atoms with Gasteiger partial charge in [0, 0.05) is 16.9 Å². The van der Waals surface area contributed by atoms with Crippen LogP contribution in [0.25, 0.3) is 10.9 Å². The lowest BCUT2D eigenvalue weighted by Crippen LogP contribution is -2.01. The Morgan fingerprint density at radius 1 is 1.44 bits per heavy atom. The van der Waals surface area contributed by atoms with E-state index in [0.29, 0.717) is 5.56 Å². The number of fused-ring (bicyclic) bond motifs is 1. The minimum Gasteiger partial charge on any atom is -0.465 e. The van der Waals surface area contributed by atoms with Crippen LogP contribution in [0.3, 0.4) is 0 Å². The number of ether oxygens (including phenoxy) is 1. The van der Waals surface area contributed by atoms with Gasteiger partial charge in [-0.3, -0.25) is 4.98 Å². The van der Waals surface area contributed by atoms with Gasteiger partial charge in [0.05, 0.1) is 18.2 Å². The van der Waals surface area contributed by atoms with Gasteiger partial charge in [0.25, 0.3) is 0 Å². The van der Waals surface area contributed by atoms with Crippen LogP contribution in [0.15, 0.2) is 30.5 Å². The highest BCUT2D eigenvalue weighted by Crippen LogP contribution is 2.17. The van der Waals surface area contributed by atoms with Crippen LogP contribution >= 0.6 is 15.9 Å². The lowest BCUT2D eigenvalue weighted by molar-refractivity contribution is 0.0600. The molecule has 1 aromatic carbocycles. The summed E-state index contributed by atoms with van der Waals surface area (Å²) in [4.78, 5) is 15.5. The lowest BCUT2D eigenvalue weighted by atomic mass is 10.1. The summed E-state index contributed by atoms with van der Waals surface area (Å²) in [5, 5.41) is 1.73. The van der Waals surface area contributed by atoms with E-state index in [1.54, 1.807) is 6.07 Å². The van der Waals surface area contributed by atoms with E-state index < -0.39 is 0 Å². The number of methoxy groups -OCH3 is 1. The highest BCUT2D eigenvalue weighted by molar-refractivity contribution is 9.08. The van der Waals surface area contributed by atoms with Crippen LogP contribution in [0.4, 0.5) is 0 Å². The highest BCUT2D eigenvalue weighted by atomic mass is 79.9. The number of halogens is 1. The molecule has 0 unspecified atom stereocenters. The van der Waals surface area contributed by atoms with Crippen molar-refractivity contribution in [1.82, 2.24) is 4.98 Å². The third kappa shape index (κ3) is 2.07. The molecule has 0 bridgehead atoms. The minimum absolute atomic E-state index is 0.362. The molecule has 1 aromatic heterocycles. The van der Waals surface area contributed by atoms with Crippen LogP contribution in [0, 0.1) is 0 Å². The number of nitrogens with zero attached hydrogens (tertiary/aromatic N) is 1. The van der Waals surface area contributed by atoms with Gasteiger partial charge in [0.1, 0.15) is 0 Å². The third-order valence-corrected chi connectivity index (χ3v) is 2.97. The molecule has 2 rings (SSSR count). The van der Waals surface area contributed by atoms with Crippen molar-refractivity contribution in [1.29, 1.82) is 0 Å². The first-order chi connectivity index (χ1) is 7.74.